The van der Waals surface area contributed by atoms with Crippen LogP contribution < -0.4 is 0 Å². The molecule has 0 aliphatic carbocycles. The lowest BCUT2D eigenvalue weighted by Crippen LogP contribution is -1.90. The molecule has 0 amide bonds. The molecule has 3 heteroatoms. The molecular formula is C20H26FNO. The van der Waals surface area contributed by atoms with Crippen molar-refractivity contribution in [3.8, 4) is 0 Å². The first kappa shape index (κ1) is 18.9. The van der Waals surface area contributed by atoms with Gasteiger partial charge < -0.3 is 9.83 Å². The Labute approximate surface area is 138 Å². The number of benzene rings is 1. The predicted octanol–water partition coefficient (Wildman–Crippen LogP) is 6.47. The second kappa shape index (κ2) is 9.09. The zero-order valence-corrected chi connectivity index (χ0v) is 14.7. The normalized spacial score (nSPS) is 11.7. The van der Waals surface area contributed by atoms with Gasteiger partial charge in [0.25, 0.3) is 0 Å². The molecule has 0 radical (unpaired) electrons. The van der Waals surface area contributed by atoms with Crippen molar-refractivity contribution in [2.75, 3.05) is 0 Å². The van der Waals surface area contributed by atoms with Crippen LogP contribution in [-0.2, 0) is 6.42 Å². The van der Waals surface area contributed by atoms with Crippen molar-refractivity contribution in [1.29, 1.82) is 5.41 Å². The highest BCUT2D eigenvalue weighted by molar-refractivity contribution is 5.89. The Bertz CT molecular complexity index is 723. The van der Waals surface area contributed by atoms with E-state index in [0.717, 1.165) is 28.7 Å². The van der Waals surface area contributed by atoms with Crippen LogP contribution in [0.2, 0.25) is 0 Å². The summed E-state index contributed by atoms with van der Waals surface area (Å²) in [5.41, 5.74) is 3.04. The zero-order valence-electron chi connectivity index (χ0n) is 14.7. The maximum atomic E-state index is 14.1. The quantitative estimate of drug-likeness (QED) is 0.631. The van der Waals surface area contributed by atoms with Crippen LogP contribution in [-0.4, -0.2) is 6.21 Å². The Morgan fingerprint density at radius 1 is 1.30 bits per heavy atom. The monoisotopic (exact) mass is 315 g/mol. The van der Waals surface area contributed by atoms with Gasteiger partial charge in [-0.2, -0.15) is 0 Å². The van der Waals surface area contributed by atoms with Gasteiger partial charge >= 0.3 is 0 Å². The molecule has 0 saturated heterocycles. The maximum absolute atomic E-state index is 14.1. The summed E-state index contributed by atoms with van der Waals surface area (Å²) in [4.78, 5) is 0. The summed E-state index contributed by atoms with van der Waals surface area (Å²) < 4.78 is 19.7. The van der Waals surface area contributed by atoms with Gasteiger partial charge in [-0.15, -0.1) is 0 Å². The average Bonchev–Trinajstić information content (AvgIpc) is 2.86. The number of fused-ring (bicyclic) bond motifs is 1. The van der Waals surface area contributed by atoms with Gasteiger partial charge in [0.2, 0.25) is 0 Å². The van der Waals surface area contributed by atoms with Crippen molar-refractivity contribution in [1.82, 2.24) is 0 Å². The van der Waals surface area contributed by atoms with E-state index in [0.29, 0.717) is 17.6 Å². The first-order chi connectivity index (χ1) is 11.1. The molecule has 0 saturated carbocycles. The lowest BCUT2D eigenvalue weighted by Gasteiger charge is -2.01. The third-order valence-corrected chi connectivity index (χ3v) is 3.47. The van der Waals surface area contributed by atoms with Crippen LogP contribution >= 0.6 is 0 Å². The Morgan fingerprint density at radius 2 is 2.00 bits per heavy atom. The molecule has 124 valence electrons. The molecule has 0 unspecified atom stereocenters. The maximum Gasteiger partial charge on any atom is 0.137 e. The molecule has 0 aliphatic heterocycles. The number of allylic oxidation sites excluding steroid dienone is 3. The van der Waals surface area contributed by atoms with Gasteiger partial charge in [0.1, 0.15) is 17.2 Å². The number of nitrogens with one attached hydrogen (secondary N) is 1. The Hall–Kier alpha value is -2.16. The standard InChI is InChI=1S/C18H20FNO.C2H6/c1-4-5-6-15-13(3)21-18-10-17(19)14(9-16(15)18)8-7-12(2)11-20;1-2/h5-7,9-11,20H,4,8H2,1-3H3;1-2H3/b6-5-,12-7-,20-11?;. The predicted molar refractivity (Wildman–Crippen MR) is 97.8 cm³/mol. The summed E-state index contributed by atoms with van der Waals surface area (Å²) in [6.45, 7) is 9.80. The van der Waals surface area contributed by atoms with Crippen molar-refractivity contribution in [3.05, 3.63) is 52.6 Å². The minimum atomic E-state index is -0.267. The third-order valence-electron chi connectivity index (χ3n) is 3.47. The van der Waals surface area contributed by atoms with Gasteiger partial charge in [-0.25, -0.2) is 4.39 Å². The fraction of sp³-hybridized carbons (Fsp3) is 0.350. The van der Waals surface area contributed by atoms with Crippen LogP contribution in [0.5, 0.6) is 0 Å². The molecule has 1 aromatic carbocycles. The largest absolute Gasteiger partial charge is 0.461 e. The fourth-order valence-electron chi connectivity index (χ4n) is 2.23. The lowest BCUT2D eigenvalue weighted by atomic mass is 10.0. The van der Waals surface area contributed by atoms with Gasteiger partial charge in [0.15, 0.2) is 0 Å². The molecule has 2 rings (SSSR count). The van der Waals surface area contributed by atoms with E-state index in [2.05, 4.69) is 13.0 Å². The second-order valence-corrected chi connectivity index (χ2v) is 5.12. The van der Waals surface area contributed by atoms with Gasteiger partial charge in [-0.1, -0.05) is 39.0 Å². The van der Waals surface area contributed by atoms with E-state index >= 15 is 0 Å². The van der Waals surface area contributed by atoms with Gasteiger partial charge in [0, 0.05) is 23.2 Å². The van der Waals surface area contributed by atoms with Crippen LogP contribution in [0, 0.1) is 18.2 Å². The average molecular weight is 315 g/mol. The van der Waals surface area contributed by atoms with E-state index in [4.69, 9.17) is 9.83 Å². The zero-order chi connectivity index (χ0) is 17.4. The first-order valence-corrected chi connectivity index (χ1v) is 8.12. The number of rotatable bonds is 5. The van der Waals surface area contributed by atoms with Gasteiger partial charge in [-0.05, 0) is 43.9 Å². The molecule has 2 nitrogen and oxygen atoms in total. The molecule has 0 fully saturated rings. The van der Waals surface area contributed by atoms with Crippen LogP contribution in [0.4, 0.5) is 4.39 Å². The highest BCUT2D eigenvalue weighted by atomic mass is 19.1. The van der Waals surface area contributed by atoms with Crippen molar-refractivity contribution in [2.24, 2.45) is 0 Å². The minimum absolute atomic E-state index is 0.267. The van der Waals surface area contributed by atoms with E-state index in [1.165, 1.54) is 12.3 Å². The Kier molecular flexibility index (Phi) is 7.46. The van der Waals surface area contributed by atoms with Crippen LogP contribution in [0.15, 0.2) is 34.3 Å². The molecule has 0 bridgehead atoms. The number of hydrogen-bond donors (Lipinski definition) is 1. The molecule has 1 aromatic heterocycles. The smallest absolute Gasteiger partial charge is 0.137 e. The molecule has 0 spiro atoms. The fourth-order valence-corrected chi connectivity index (χ4v) is 2.23. The lowest BCUT2D eigenvalue weighted by molar-refractivity contribution is 0.568. The van der Waals surface area contributed by atoms with Crippen molar-refractivity contribution in [2.45, 2.75) is 47.5 Å². The minimum Gasteiger partial charge on any atom is -0.461 e. The third kappa shape index (κ3) is 4.65. The Morgan fingerprint density at radius 3 is 2.61 bits per heavy atom. The summed E-state index contributed by atoms with van der Waals surface area (Å²) >= 11 is 0. The molecule has 0 atom stereocenters. The summed E-state index contributed by atoms with van der Waals surface area (Å²) in [7, 11) is 0. The number of aryl methyl sites for hydroxylation is 1. The van der Waals surface area contributed by atoms with Crippen molar-refractivity contribution < 1.29 is 8.81 Å². The van der Waals surface area contributed by atoms with E-state index in [1.807, 2.05) is 45.9 Å². The highest BCUT2D eigenvalue weighted by Gasteiger charge is 2.12. The summed E-state index contributed by atoms with van der Waals surface area (Å²) in [5.74, 6) is 0.536. The van der Waals surface area contributed by atoms with E-state index in [-0.39, 0.29) is 5.82 Å². The van der Waals surface area contributed by atoms with Crippen molar-refractivity contribution >= 4 is 23.3 Å². The topological polar surface area (TPSA) is 37.0 Å². The number of halogens is 1. The first-order valence-electron chi connectivity index (χ1n) is 8.12. The molecule has 1 heterocycles. The molecule has 1 N–H and O–H groups in total. The SMILES string of the molecule is CC.CC/C=C\c1c(C)oc2cc(F)c(C/C=C(/C)C=N)cc12. The van der Waals surface area contributed by atoms with Crippen LogP contribution in [0.1, 0.15) is 51.0 Å². The van der Waals surface area contributed by atoms with E-state index < -0.39 is 0 Å². The highest BCUT2D eigenvalue weighted by Crippen LogP contribution is 2.29. The summed E-state index contributed by atoms with van der Waals surface area (Å²) in [6.07, 6.45) is 8.64. The molecule has 2 aromatic rings. The summed E-state index contributed by atoms with van der Waals surface area (Å²) in [5, 5.41) is 8.10. The number of hydrogen-bond acceptors (Lipinski definition) is 2. The van der Waals surface area contributed by atoms with E-state index in [9.17, 15) is 4.39 Å². The molecule has 0 aliphatic rings. The van der Waals surface area contributed by atoms with Gasteiger partial charge in [0.05, 0.1) is 0 Å². The van der Waals surface area contributed by atoms with Gasteiger partial charge in [-0.3, -0.25) is 0 Å². The Balaban J connectivity index is 0.00000127. The molecular weight excluding hydrogens is 289 g/mol. The van der Waals surface area contributed by atoms with Crippen LogP contribution in [0.3, 0.4) is 0 Å². The number of furan rings is 1. The van der Waals surface area contributed by atoms with Crippen LogP contribution in [0.25, 0.3) is 17.0 Å². The second-order valence-electron chi connectivity index (χ2n) is 5.12. The van der Waals surface area contributed by atoms with Crippen molar-refractivity contribution in [3.63, 3.8) is 0 Å². The van der Waals surface area contributed by atoms with E-state index in [1.54, 1.807) is 0 Å². The summed E-state index contributed by atoms with van der Waals surface area (Å²) in [6, 6.07) is 3.30. The molecule has 23 heavy (non-hydrogen) atoms.